The van der Waals surface area contributed by atoms with Crippen molar-refractivity contribution in [3.63, 3.8) is 0 Å². The normalized spacial score (nSPS) is 13.8. The van der Waals surface area contributed by atoms with Crippen molar-refractivity contribution in [1.82, 2.24) is 10.6 Å². The number of carbonyl (C=O) groups is 2. The highest BCUT2D eigenvalue weighted by atomic mass is 35.5. The van der Waals surface area contributed by atoms with Crippen molar-refractivity contribution >= 4 is 24.1 Å². The molecule has 1 fully saturated rings. The maximum atomic E-state index is 11.6. The first-order valence-electron chi connectivity index (χ1n) is 6.36. The maximum Gasteiger partial charge on any atom is 0.257 e. The Morgan fingerprint density at radius 3 is 2.75 bits per heavy atom. The van der Waals surface area contributed by atoms with Crippen LogP contribution in [0.5, 0.6) is 5.75 Å². The van der Waals surface area contributed by atoms with Crippen LogP contribution in [-0.2, 0) is 4.79 Å². The molecule has 1 aromatic carbocycles. The van der Waals surface area contributed by atoms with Crippen LogP contribution >= 0.6 is 12.4 Å². The molecule has 1 aromatic rings. The number of carbonyl (C=O) groups excluding carboxylic acids is 2. The number of hydrogen-bond acceptors (Lipinski definition) is 4. The third-order valence-corrected chi connectivity index (χ3v) is 3.06. The molecule has 0 aromatic heterocycles. The first-order chi connectivity index (χ1) is 9.15. The van der Waals surface area contributed by atoms with Gasteiger partial charge in [-0.15, -0.1) is 12.4 Å². The smallest absolute Gasteiger partial charge is 0.257 e. The molecule has 1 heterocycles. The van der Waals surface area contributed by atoms with Gasteiger partial charge in [-0.05, 0) is 19.1 Å². The molecule has 0 atom stereocenters. The molecule has 20 heavy (non-hydrogen) atoms. The van der Waals surface area contributed by atoms with Gasteiger partial charge in [0.15, 0.2) is 12.4 Å². The fourth-order valence-electron chi connectivity index (χ4n) is 1.76. The molecule has 110 valence electrons. The average Bonchev–Trinajstić information content (AvgIpc) is 2.35. The molecule has 1 aliphatic rings. The van der Waals surface area contributed by atoms with Crippen molar-refractivity contribution in [2.75, 3.05) is 26.2 Å². The minimum absolute atomic E-state index is 0. The molecule has 0 aliphatic carbocycles. The zero-order valence-corrected chi connectivity index (χ0v) is 12.2. The monoisotopic (exact) mass is 298 g/mol. The van der Waals surface area contributed by atoms with Crippen LogP contribution in [0.25, 0.3) is 0 Å². The maximum absolute atomic E-state index is 11.6. The number of halogens is 1. The van der Waals surface area contributed by atoms with E-state index in [2.05, 4.69) is 10.6 Å². The Bertz CT molecular complexity index is 475. The van der Waals surface area contributed by atoms with E-state index >= 15 is 0 Å². The van der Waals surface area contributed by atoms with E-state index in [4.69, 9.17) is 4.74 Å². The molecule has 1 aliphatic heterocycles. The van der Waals surface area contributed by atoms with Gasteiger partial charge in [0.1, 0.15) is 5.75 Å². The van der Waals surface area contributed by atoms with Crippen LogP contribution in [0.3, 0.4) is 0 Å². The van der Waals surface area contributed by atoms with Gasteiger partial charge in [0.25, 0.3) is 5.91 Å². The first kappa shape index (κ1) is 16.5. The zero-order valence-electron chi connectivity index (χ0n) is 11.3. The second kappa shape index (κ2) is 7.87. The summed E-state index contributed by atoms with van der Waals surface area (Å²) < 4.78 is 5.36. The summed E-state index contributed by atoms with van der Waals surface area (Å²) >= 11 is 0. The highest BCUT2D eigenvalue weighted by Crippen LogP contribution is 2.13. The lowest BCUT2D eigenvalue weighted by Crippen LogP contribution is -2.48. The lowest BCUT2D eigenvalue weighted by Gasteiger charge is -2.27. The van der Waals surface area contributed by atoms with Gasteiger partial charge in [0, 0.05) is 31.1 Å². The van der Waals surface area contributed by atoms with Gasteiger partial charge < -0.3 is 15.4 Å². The molecule has 0 saturated carbocycles. The summed E-state index contributed by atoms with van der Waals surface area (Å²) in [5.41, 5.74) is 0.582. The number of nitrogens with one attached hydrogen (secondary N) is 2. The summed E-state index contributed by atoms with van der Waals surface area (Å²) in [5, 5.41) is 5.97. The number of ether oxygens (including phenoxy) is 1. The number of ketones is 1. The molecular formula is C14H19ClN2O3. The van der Waals surface area contributed by atoms with E-state index in [9.17, 15) is 9.59 Å². The Morgan fingerprint density at radius 1 is 1.40 bits per heavy atom. The van der Waals surface area contributed by atoms with Crippen LogP contribution in [0.15, 0.2) is 24.3 Å². The Morgan fingerprint density at radius 2 is 2.15 bits per heavy atom. The largest absolute Gasteiger partial charge is 0.484 e. The fraction of sp³-hybridized carbons (Fsp3) is 0.429. The second-order valence-corrected chi connectivity index (χ2v) is 4.70. The van der Waals surface area contributed by atoms with E-state index in [-0.39, 0.29) is 30.7 Å². The fourth-order valence-corrected chi connectivity index (χ4v) is 1.76. The molecule has 0 radical (unpaired) electrons. The Kier molecular flexibility index (Phi) is 6.48. The number of benzene rings is 1. The van der Waals surface area contributed by atoms with Gasteiger partial charge >= 0.3 is 0 Å². The van der Waals surface area contributed by atoms with E-state index in [0.717, 1.165) is 13.1 Å². The van der Waals surface area contributed by atoms with Crippen LogP contribution in [0, 0.1) is 5.92 Å². The van der Waals surface area contributed by atoms with E-state index in [1.54, 1.807) is 24.3 Å². The summed E-state index contributed by atoms with van der Waals surface area (Å²) in [6.45, 7) is 4.08. The van der Waals surface area contributed by atoms with Gasteiger partial charge in [-0.2, -0.15) is 0 Å². The Balaban J connectivity index is 0.00000200. The van der Waals surface area contributed by atoms with Crippen molar-refractivity contribution in [3.8, 4) is 5.75 Å². The third kappa shape index (κ3) is 4.83. The predicted octanol–water partition coefficient (Wildman–Crippen LogP) is 1.03. The zero-order chi connectivity index (χ0) is 13.7. The molecule has 1 amide bonds. The van der Waals surface area contributed by atoms with Crippen molar-refractivity contribution in [2.45, 2.75) is 6.92 Å². The van der Waals surface area contributed by atoms with E-state index < -0.39 is 0 Å². The van der Waals surface area contributed by atoms with Crippen molar-refractivity contribution in [3.05, 3.63) is 29.8 Å². The predicted molar refractivity (Wildman–Crippen MR) is 78.6 cm³/mol. The molecule has 5 nitrogen and oxygen atoms in total. The van der Waals surface area contributed by atoms with E-state index in [0.29, 0.717) is 23.8 Å². The topological polar surface area (TPSA) is 67.4 Å². The summed E-state index contributed by atoms with van der Waals surface area (Å²) in [4.78, 5) is 22.8. The van der Waals surface area contributed by atoms with Crippen LogP contribution in [-0.4, -0.2) is 37.9 Å². The first-order valence-corrected chi connectivity index (χ1v) is 6.36. The van der Waals surface area contributed by atoms with Gasteiger partial charge in [-0.3, -0.25) is 9.59 Å². The standard InChI is InChI=1S/C14H18N2O3.ClH/c1-10(17)12-3-2-4-13(5-12)19-9-14(18)16-8-11-6-15-7-11;/h2-5,11,15H,6-9H2,1H3,(H,16,18);1H. The lowest BCUT2D eigenvalue weighted by atomic mass is 10.0. The summed E-state index contributed by atoms with van der Waals surface area (Å²) in [5.74, 6) is 0.908. The average molecular weight is 299 g/mol. The molecule has 0 spiro atoms. The van der Waals surface area contributed by atoms with Gasteiger partial charge in [-0.25, -0.2) is 0 Å². The summed E-state index contributed by atoms with van der Waals surface area (Å²) in [7, 11) is 0. The van der Waals surface area contributed by atoms with Crippen LogP contribution in [0.4, 0.5) is 0 Å². The second-order valence-electron chi connectivity index (χ2n) is 4.70. The number of amides is 1. The van der Waals surface area contributed by atoms with E-state index in [1.807, 2.05) is 0 Å². The number of rotatable bonds is 6. The molecule has 6 heteroatoms. The van der Waals surface area contributed by atoms with Crippen molar-refractivity contribution in [2.24, 2.45) is 5.92 Å². The number of Topliss-reactive ketones (excluding diaryl/α,β-unsaturated/α-hetero) is 1. The minimum atomic E-state index is -0.139. The molecule has 0 bridgehead atoms. The van der Waals surface area contributed by atoms with Crippen molar-refractivity contribution in [1.29, 1.82) is 0 Å². The summed E-state index contributed by atoms with van der Waals surface area (Å²) in [6, 6.07) is 6.84. The molecule has 2 N–H and O–H groups in total. The molecule has 2 rings (SSSR count). The van der Waals surface area contributed by atoms with Crippen molar-refractivity contribution < 1.29 is 14.3 Å². The quantitative estimate of drug-likeness (QED) is 0.770. The highest BCUT2D eigenvalue weighted by Gasteiger charge is 2.17. The van der Waals surface area contributed by atoms with Gasteiger partial charge in [0.05, 0.1) is 0 Å². The SMILES string of the molecule is CC(=O)c1cccc(OCC(=O)NCC2CNC2)c1.Cl. The van der Waals surface area contributed by atoms with Gasteiger partial charge in [0.2, 0.25) is 0 Å². The number of hydrogen-bond donors (Lipinski definition) is 2. The molecule has 1 saturated heterocycles. The summed E-state index contributed by atoms with van der Waals surface area (Å²) in [6.07, 6.45) is 0. The van der Waals surface area contributed by atoms with Crippen LogP contribution < -0.4 is 15.4 Å². The third-order valence-electron chi connectivity index (χ3n) is 3.06. The minimum Gasteiger partial charge on any atom is -0.484 e. The van der Waals surface area contributed by atoms with Gasteiger partial charge in [-0.1, -0.05) is 12.1 Å². The Labute approximate surface area is 124 Å². The molecular weight excluding hydrogens is 280 g/mol. The highest BCUT2D eigenvalue weighted by molar-refractivity contribution is 5.94. The Hall–Kier alpha value is -1.59. The molecule has 0 unspecified atom stereocenters. The van der Waals surface area contributed by atoms with Crippen LogP contribution in [0.2, 0.25) is 0 Å². The lowest BCUT2D eigenvalue weighted by molar-refractivity contribution is -0.123. The van der Waals surface area contributed by atoms with E-state index in [1.165, 1.54) is 6.92 Å². The van der Waals surface area contributed by atoms with Crippen LogP contribution in [0.1, 0.15) is 17.3 Å².